The Balaban J connectivity index is 1.48. The van der Waals surface area contributed by atoms with Gasteiger partial charge in [-0.05, 0) is 37.8 Å². The van der Waals surface area contributed by atoms with Crippen LogP contribution in [-0.4, -0.2) is 28.2 Å². The quantitative estimate of drug-likeness (QED) is 0.864. The van der Waals surface area contributed by atoms with Gasteiger partial charge in [0.2, 0.25) is 5.91 Å². The minimum atomic E-state index is -0.249. The fraction of sp³-hybridized carbons (Fsp3) is 0.421. The molecule has 6 nitrogen and oxygen atoms in total. The summed E-state index contributed by atoms with van der Waals surface area (Å²) in [6.07, 6.45) is 4.03. The van der Waals surface area contributed by atoms with Crippen molar-refractivity contribution in [3.63, 3.8) is 0 Å². The van der Waals surface area contributed by atoms with Crippen LogP contribution in [0.25, 0.3) is 5.69 Å². The highest BCUT2D eigenvalue weighted by Crippen LogP contribution is 2.28. The van der Waals surface area contributed by atoms with Gasteiger partial charge in [0.05, 0.1) is 11.6 Å². The van der Waals surface area contributed by atoms with Crippen LogP contribution >= 0.6 is 0 Å². The van der Waals surface area contributed by atoms with Crippen molar-refractivity contribution in [2.24, 2.45) is 5.92 Å². The molecule has 1 aliphatic carbocycles. The second-order valence-corrected chi connectivity index (χ2v) is 6.62. The Morgan fingerprint density at radius 3 is 2.84 bits per heavy atom. The lowest BCUT2D eigenvalue weighted by molar-refractivity contribution is -0.151. The lowest BCUT2D eigenvalue weighted by Gasteiger charge is -2.20. The van der Waals surface area contributed by atoms with Gasteiger partial charge in [-0.15, -0.1) is 0 Å². The lowest BCUT2D eigenvalue weighted by Crippen LogP contribution is -2.39. The number of amides is 1. The van der Waals surface area contributed by atoms with Crippen LogP contribution in [-0.2, 0) is 33.8 Å². The minimum absolute atomic E-state index is 0.00322. The van der Waals surface area contributed by atoms with E-state index in [9.17, 15) is 9.59 Å². The zero-order valence-corrected chi connectivity index (χ0v) is 14.0. The fourth-order valence-electron chi connectivity index (χ4n) is 3.60. The largest absolute Gasteiger partial charge is 0.459 e. The third-order valence-corrected chi connectivity index (χ3v) is 4.96. The fourth-order valence-corrected chi connectivity index (χ4v) is 3.60. The van der Waals surface area contributed by atoms with E-state index >= 15 is 0 Å². The molecule has 1 aliphatic heterocycles. The molecule has 0 unspecified atom stereocenters. The van der Waals surface area contributed by atoms with Crippen LogP contribution in [0.4, 0.5) is 0 Å². The molecule has 4 rings (SSSR count). The van der Waals surface area contributed by atoms with Gasteiger partial charge >= 0.3 is 5.97 Å². The van der Waals surface area contributed by atoms with Crippen molar-refractivity contribution in [3.8, 4) is 5.69 Å². The number of rotatable bonds is 4. The Morgan fingerprint density at radius 1 is 1.24 bits per heavy atom. The minimum Gasteiger partial charge on any atom is -0.459 e. The second kappa shape index (κ2) is 6.70. The van der Waals surface area contributed by atoms with Crippen molar-refractivity contribution in [1.29, 1.82) is 0 Å². The van der Waals surface area contributed by atoms with E-state index in [-0.39, 0.29) is 24.4 Å². The zero-order chi connectivity index (χ0) is 17.2. The highest BCUT2D eigenvalue weighted by Gasteiger charge is 2.28. The summed E-state index contributed by atoms with van der Waals surface area (Å²) in [6, 6.07) is 10.0. The molecule has 6 heteroatoms. The number of aromatic nitrogens is 2. The molecule has 1 saturated heterocycles. The standard InChI is InChI=1S/C19H21N3O3/c23-18-10-9-13(11-20-18)19(24)25-12-16-15-7-4-8-17(15)22(21-16)14-5-2-1-3-6-14/h1-3,5-6,13H,4,7-12H2,(H,20,23)/t13-/m0/s1. The Labute approximate surface area is 146 Å². The summed E-state index contributed by atoms with van der Waals surface area (Å²) in [5.74, 6) is -0.494. The van der Waals surface area contributed by atoms with Crippen LogP contribution in [0.15, 0.2) is 30.3 Å². The van der Waals surface area contributed by atoms with Gasteiger partial charge in [0.25, 0.3) is 0 Å². The molecular formula is C19H21N3O3. The van der Waals surface area contributed by atoms with Gasteiger partial charge in [-0.2, -0.15) is 5.10 Å². The van der Waals surface area contributed by atoms with Gasteiger partial charge in [-0.1, -0.05) is 18.2 Å². The third-order valence-electron chi connectivity index (χ3n) is 4.96. The summed E-state index contributed by atoms with van der Waals surface area (Å²) in [6.45, 7) is 0.569. The zero-order valence-electron chi connectivity index (χ0n) is 14.0. The molecule has 0 saturated carbocycles. The Hall–Kier alpha value is -2.63. The first-order valence-electron chi connectivity index (χ1n) is 8.81. The third kappa shape index (κ3) is 3.16. The van der Waals surface area contributed by atoms with E-state index in [0.29, 0.717) is 19.4 Å². The van der Waals surface area contributed by atoms with Gasteiger partial charge in [0, 0.05) is 24.2 Å². The Morgan fingerprint density at radius 2 is 2.08 bits per heavy atom. The molecule has 1 atom stereocenters. The number of hydrogen-bond acceptors (Lipinski definition) is 4. The van der Waals surface area contributed by atoms with Crippen molar-refractivity contribution in [1.82, 2.24) is 15.1 Å². The Kier molecular flexibility index (Phi) is 4.26. The number of esters is 1. The SMILES string of the molecule is O=C1CC[C@H](C(=O)OCc2nn(-c3ccccc3)c3c2CCC3)CN1. The number of para-hydroxylation sites is 1. The van der Waals surface area contributed by atoms with E-state index in [4.69, 9.17) is 9.84 Å². The van der Waals surface area contributed by atoms with Crippen molar-refractivity contribution in [3.05, 3.63) is 47.3 Å². The smallest absolute Gasteiger partial charge is 0.311 e. The Bertz CT molecular complexity index is 788. The van der Waals surface area contributed by atoms with Gasteiger partial charge in [0.15, 0.2) is 0 Å². The molecule has 1 aromatic carbocycles. The molecule has 25 heavy (non-hydrogen) atoms. The summed E-state index contributed by atoms with van der Waals surface area (Å²) in [7, 11) is 0. The lowest BCUT2D eigenvalue weighted by atomic mass is 9.99. The molecule has 1 aromatic heterocycles. The number of carbonyl (C=O) groups excluding carboxylic acids is 2. The number of piperidine rings is 1. The number of ether oxygens (including phenoxy) is 1. The first-order valence-corrected chi connectivity index (χ1v) is 8.81. The van der Waals surface area contributed by atoms with Crippen molar-refractivity contribution < 1.29 is 14.3 Å². The summed E-state index contributed by atoms with van der Waals surface area (Å²) >= 11 is 0. The highest BCUT2D eigenvalue weighted by atomic mass is 16.5. The molecule has 130 valence electrons. The van der Waals surface area contributed by atoms with Crippen molar-refractivity contribution in [2.45, 2.75) is 38.7 Å². The molecule has 1 N–H and O–H groups in total. The molecule has 2 aliphatic rings. The molecule has 0 bridgehead atoms. The predicted octanol–water partition coefficient (Wildman–Crippen LogP) is 1.93. The van der Waals surface area contributed by atoms with E-state index < -0.39 is 0 Å². The molecule has 1 fully saturated rings. The second-order valence-electron chi connectivity index (χ2n) is 6.62. The van der Waals surface area contributed by atoms with Gasteiger partial charge in [-0.25, -0.2) is 4.68 Å². The van der Waals surface area contributed by atoms with Crippen molar-refractivity contribution >= 4 is 11.9 Å². The predicted molar refractivity (Wildman–Crippen MR) is 91.1 cm³/mol. The van der Waals surface area contributed by atoms with Crippen molar-refractivity contribution in [2.75, 3.05) is 6.54 Å². The average Bonchev–Trinajstić information content (AvgIpc) is 3.24. The van der Waals surface area contributed by atoms with E-state index in [2.05, 4.69) is 5.32 Å². The normalized spacial score (nSPS) is 19.4. The maximum Gasteiger partial charge on any atom is 0.311 e. The summed E-state index contributed by atoms with van der Waals surface area (Å²) < 4.78 is 7.49. The average molecular weight is 339 g/mol. The van der Waals surface area contributed by atoms with Crippen LogP contribution in [0.3, 0.4) is 0 Å². The van der Waals surface area contributed by atoms with E-state index in [1.807, 2.05) is 35.0 Å². The summed E-state index contributed by atoms with van der Waals surface area (Å²) in [5, 5.41) is 7.42. The van der Waals surface area contributed by atoms with Gasteiger partial charge in [0.1, 0.15) is 12.3 Å². The van der Waals surface area contributed by atoms with E-state index in [1.54, 1.807) is 0 Å². The highest BCUT2D eigenvalue weighted by molar-refractivity contribution is 5.80. The molecule has 0 radical (unpaired) electrons. The number of fused-ring (bicyclic) bond motifs is 1. The molecule has 2 aromatic rings. The number of nitrogens with one attached hydrogen (secondary N) is 1. The maximum absolute atomic E-state index is 12.2. The van der Waals surface area contributed by atoms with Crippen LogP contribution < -0.4 is 5.32 Å². The number of nitrogens with zero attached hydrogens (tertiary/aromatic N) is 2. The summed E-state index contributed by atoms with van der Waals surface area (Å²) in [5.41, 5.74) is 4.33. The number of benzene rings is 1. The van der Waals surface area contributed by atoms with Gasteiger partial charge in [-0.3, -0.25) is 9.59 Å². The number of carbonyl (C=O) groups is 2. The molecule has 2 heterocycles. The van der Waals surface area contributed by atoms with E-state index in [0.717, 1.165) is 30.6 Å². The first kappa shape index (κ1) is 15.9. The van der Waals surface area contributed by atoms with Crippen LogP contribution in [0.5, 0.6) is 0 Å². The maximum atomic E-state index is 12.2. The molecule has 1 amide bonds. The van der Waals surface area contributed by atoms with Crippen LogP contribution in [0, 0.1) is 5.92 Å². The van der Waals surface area contributed by atoms with E-state index in [1.165, 1.54) is 11.3 Å². The van der Waals surface area contributed by atoms with Gasteiger partial charge < -0.3 is 10.1 Å². The van der Waals surface area contributed by atoms with Crippen LogP contribution in [0.2, 0.25) is 0 Å². The molecular weight excluding hydrogens is 318 g/mol. The van der Waals surface area contributed by atoms with Crippen LogP contribution in [0.1, 0.15) is 36.2 Å². The first-order chi connectivity index (χ1) is 12.2. The topological polar surface area (TPSA) is 73.2 Å². The summed E-state index contributed by atoms with van der Waals surface area (Å²) in [4.78, 5) is 23.4. The monoisotopic (exact) mass is 339 g/mol. The molecule has 0 spiro atoms. The number of hydrogen-bond donors (Lipinski definition) is 1.